The molecule has 1 aromatic heterocycles. The van der Waals surface area contributed by atoms with Gasteiger partial charge < -0.3 is 20.1 Å². The minimum Gasteiger partial charge on any atom is -0.331 e. The highest BCUT2D eigenvalue weighted by atomic mass is 19.1. The van der Waals surface area contributed by atoms with E-state index in [0.29, 0.717) is 30.0 Å². The predicted octanol–water partition coefficient (Wildman–Crippen LogP) is 5.50. The van der Waals surface area contributed by atoms with Gasteiger partial charge in [-0.15, -0.1) is 0 Å². The van der Waals surface area contributed by atoms with Crippen molar-refractivity contribution in [1.82, 2.24) is 19.4 Å². The number of carbonyl (C=O) groups excluding carboxylic acids is 1. The Hall–Kier alpha value is -3.26. The molecule has 2 atom stereocenters. The summed E-state index contributed by atoms with van der Waals surface area (Å²) in [7, 11) is 3.39. The number of hydrogen-bond donors (Lipinski definition) is 1. The summed E-state index contributed by atoms with van der Waals surface area (Å²) in [5.41, 5.74) is 7.80. The van der Waals surface area contributed by atoms with Crippen molar-refractivity contribution in [2.45, 2.75) is 45.8 Å². The van der Waals surface area contributed by atoms with Gasteiger partial charge in [0.1, 0.15) is 18.3 Å². The smallest absolute Gasteiger partial charge is 0.320 e. The van der Waals surface area contributed by atoms with Gasteiger partial charge in [-0.2, -0.15) is 0 Å². The number of urea groups is 1. The van der Waals surface area contributed by atoms with Crippen LogP contribution >= 0.6 is 0 Å². The fourth-order valence-electron chi connectivity index (χ4n) is 4.31. The Balaban J connectivity index is 2.17. The zero-order valence-electron chi connectivity index (χ0n) is 21.8. The van der Waals surface area contributed by atoms with Crippen LogP contribution < -0.4 is 5.73 Å². The van der Waals surface area contributed by atoms with Gasteiger partial charge >= 0.3 is 6.03 Å². The van der Waals surface area contributed by atoms with Crippen molar-refractivity contribution >= 4 is 6.03 Å². The summed E-state index contributed by atoms with van der Waals surface area (Å²) in [6.45, 7) is 6.29. The second-order valence-corrected chi connectivity index (χ2v) is 10.5. The Morgan fingerprint density at radius 1 is 1.11 bits per heavy atom. The van der Waals surface area contributed by atoms with Crippen LogP contribution in [0.1, 0.15) is 44.6 Å². The Kier molecular flexibility index (Phi) is 8.84. The van der Waals surface area contributed by atoms with E-state index in [1.54, 1.807) is 25.1 Å². The maximum atomic E-state index is 14.1. The van der Waals surface area contributed by atoms with Gasteiger partial charge in [-0.3, -0.25) is 0 Å². The largest absolute Gasteiger partial charge is 0.331 e. The van der Waals surface area contributed by atoms with Crippen LogP contribution in [0.25, 0.3) is 11.3 Å². The molecule has 2 aromatic carbocycles. The van der Waals surface area contributed by atoms with E-state index < -0.39 is 24.2 Å². The van der Waals surface area contributed by atoms with Crippen molar-refractivity contribution in [3.63, 3.8) is 0 Å². The standard InChI is InChI=1S/C28H37F2N5O/c1-28(2,3)25(35(27(36)33(4)5)15-14-23(31)17-29)26-32-24(21-12-9-13-22(30)16-21)19-34(26)18-20-10-7-6-8-11-20/h6-13,16,19,23,25H,14-15,17-18,31H2,1-5H3. The van der Waals surface area contributed by atoms with Crippen molar-refractivity contribution in [2.75, 3.05) is 27.3 Å². The number of nitrogens with two attached hydrogens (primary N) is 1. The van der Waals surface area contributed by atoms with E-state index in [2.05, 4.69) is 0 Å². The zero-order chi connectivity index (χ0) is 26.5. The van der Waals surface area contributed by atoms with E-state index in [4.69, 9.17) is 10.7 Å². The predicted molar refractivity (Wildman–Crippen MR) is 140 cm³/mol. The first kappa shape index (κ1) is 27.3. The first-order valence-electron chi connectivity index (χ1n) is 12.2. The Bertz CT molecular complexity index is 1140. The fraction of sp³-hybridized carbons (Fsp3) is 0.429. The molecule has 2 unspecified atom stereocenters. The maximum absolute atomic E-state index is 14.1. The number of aromatic nitrogens is 2. The minimum absolute atomic E-state index is 0.206. The Morgan fingerprint density at radius 2 is 1.81 bits per heavy atom. The summed E-state index contributed by atoms with van der Waals surface area (Å²) >= 11 is 0. The van der Waals surface area contributed by atoms with Crippen LogP contribution in [0.15, 0.2) is 60.8 Å². The monoisotopic (exact) mass is 497 g/mol. The average Bonchev–Trinajstić information content (AvgIpc) is 3.23. The van der Waals surface area contributed by atoms with E-state index in [0.717, 1.165) is 5.56 Å². The number of imidazole rings is 1. The van der Waals surface area contributed by atoms with Crippen molar-refractivity contribution < 1.29 is 13.6 Å². The second-order valence-electron chi connectivity index (χ2n) is 10.5. The molecule has 0 radical (unpaired) electrons. The minimum atomic E-state index is -0.657. The number of carbonyl (C=O) groups is 1. The van der Waals surface area contributed by atoms with Crippen LogP contribution in [0.2, 0.25) is 0 Å². The lowest BCUT2D eigenvalue weighted by Crippen LogP contribution is -2.48. The van der Waals surface area contributed by atoms with E-state index >= 15 is 0 Å². The van der Waals surface area contributed by atoms with E-state index in [1.807, 2.05) is 67.9 Å². The third-order valence-corrected chi connectivity index (χ3v) is 6.07. The lowest BCUT2D eigenvalue weighted by atomic mass is 9.84. The van der Waals surface area contributed by atoms with Gasteiger partial charge in [0, 0.05) is 45.0 Å². The van der Waals surface area contributed by atoms with Crippen molar-refractivity contribution in [2.24, 2.45) is 11.1 Å². The number of rotatable bonds is 9. The number of nitrogens with zero attached hydrogens (tertiary/aromatic N) is 4. The number of alkyl halides is 1. The Labute approximate surface area is 212 Å². The normalized spacial score (nSPS) is 13.3. The van der Waals surface area contributed by atoms with E-state index in [1.165, 1.54) is 17.0 Å². The molecular formula is C28H37F2N5O. The molecule has 0 saturated carbocycles. The molecule has 0 aliphatic heterocycles. The number of halogens is 2. The first-order valence-corrected chi connectivity index (χ1v) is 12.2. The van der Waals surface area contributed by atoms with Gasteiger partial charge in [-0.05, 0) is 29.5 Å². The fourth-order valence-corrected chi connectivity index (χ4v) is 4.31. The van der Waals surface area contributed by atoms with Crippen LogP contribution in [0.5, 0.6) is 0 Å². The molecule has 1 heterocycles. The zero-order valence-corrected chi connectivity index (χ0v) is 21.8. The van der Waals surface area contributed by atoms with Crippen LogP contribution in [-0.4, -0.2) is 58.7 Å². The van der Waals surface area contributed by atoms with Gasteiger partial charge in [0.15, 0.2) is 0 Å². The molecule has 2 amide bonds. The average molecular weight is 498 g/mol. The Morgan fingerprint density at radius 3 is 2.39 bits per heavy atom. The number of amides is 2. The third kappa shape index (κ3) is 6.69. The summed E-state index contributed by atoms with van der Waals surface area (Å²) in [5.74, 6) is 0.332. The summed E-state index contributed by atoms with van der Waals surface area (Å²) in [5, 5.41) is 0. The lowest BCUT2D eigenvalue weighted by molar-refractivity contribution is 0.0899. The molecule has 8 heteroatoms. The molecule has 6 nitrogen and oxygen atoms in total. The topological polar surface area (TPSA) is 67.4 Å². The van der Waals surface area contributed by atoms with Gasteiger partial charge in [0.2, 0.25) is 0 Å². The summed E-state index contributed by atoms with van der Waals surface area (Å²) in [6, 6.07) is 15.0. The van der Waals surface area contributed by atoms with Crippen LogP contribution in [0.4, 0.5) is 13.6 Å². The molecule has 3 rings (SSSR count). The van der Waals surface area contributed by atoms with Gasteiger partial charge in [-0.25, -0.2) is 18.6 Å². The molecule has 0 fully saturated rings. The second kappa shape index (κ2) is 11.6. The highest BCUT2D eigenvalue weighted by Gasteiger charge is 2.39. The first-order chi connectivity index (χ1) is 17.0. The van der Waals surface area contributed by atoms with E-state index in [9.17, 15) is 13.6 Å². The molecule has 36 heavy (non-hydrogen) atoms. The summed E-state index contributed by atoms with van der Waals surface area (Å²) in [4.78, 5) is 21.6. The molecule has 0 spiro atoms. The molecule has 0 aliphatic rings. The van der Waals surface area contributed by atoms with Crippen molar-refractivity contribution in [3.05, 3.63) is 78.0 Å². The third-order valence-electron chi connectivity index (χ3n) is 6.07. The molecule has 194 valence electrons. The molecule has 2 N–H and O–H groups in total. The lowest BCUT2D eigenvalue weighted by Gasteiger charge is -2.41. The molecule has 0 bridgehead atoms. The highest BCUT2D eigenvalue weighted by molar-refractivity contribution is 5.74. The van der Waals surface area contributed by atoms with Gasteiger partial charge in [0.05, 0.1) is 11.7 Å². The molecule has 0 aliphatic carbocycles. The highest BCUT2D eigenvalue weighted by Crippen LogP contribution is 2.39. The number of benzene rings is 2. The van der Waals surface area contributed by atoms with Crippen LogP contribution in [0, 0.1) is 11.2 Å². The SMILES string of the molecule is CN(C)C(=O)N(CCC(N)CF)C(c1nc(-c2cccc(F)c2)cn1Cc1ccccc1)C(C)(C)C. The van der Waals surface area contributed by atoms with Gasteiger partial charge in [0.25, 0.3) is 0 Å². The quantitative estimate of drug-likeness (QED) is 0.425. The maximum Gasteiger partial charge on any atom is 0.320 e. The van der Waals surface area contributed by atoms with Gasteiger partial charge in [-0.1, -0.05) is 63.2 Å². The van der Waals surface area contributed by atoms with Crippen molar-refractivity contribution in [1.29, 1.82) is 0 Å². The number of hydrogen-bond acceptors (Lipinski definition) is 3. The van der Waals surface area contributed by atoms with Crippen LogP contribution in [-0.2, 0) is 6.54 Å². The van der Waals surface area contributed by atoms with Crippen LogP contribution in [0.3, 0.4) is 0 Å². The molecule has 3 aromatic rings. The molecule has 0 saturated heterocycles. The summed E-state index contributed by atoms with van der Waals surface area (Å²) in [6.07, 6.45) is 2.22. The van der Waals surface area contributed by atoms with E-state index in [-0.39, 0.29) is 18.4 Å². The summed E-state index contributed by atoms with van der Waals surface area (Å²) < 4.78 is 29.3. The molecular weight excluding hydrogens is 460 g/mol. The van der Waals surface area contributed by atoms with Crippen molar-refractivity contribution in [3.8, 4) is 11.3 Å².